The molecule has 0 amide bonds. The molecule has 3 nitrogen and oxygen atoms in total. The Hall–Kier alpha value is -1.25. The van der Waals surface area contributed by atoms with E-state index in [1.807, 2.05) is 6.07 Å². The largest absolute Gasteiger partial charge is 0.326 e. The molecule has 0 spiro atoms. The van der Waals surface area contributed by atoms with Gasteiger partial charge in [0.05, 0.1) is 18.2 Å². The van der Waals surface area contributed by atoms with E-state index in [-0.39, 0.29) is 34.9 Å². The van der Waals surface area contributed by atoms with Crippen molar-refractivity contribution in [1.82, 2.24) is 4.98 Å². The van der Waals surface area contributed by atoms with Crippen LogP contribution in [-0.2, 0) is 13.0 Å². The molecule has 0 fully saturated rings. The highest BCUT2D eigenvalue weighted by atomic mass is 35.5. The molecule has 2 N–H and O–H groups in total. The topological polar surface area (TPSA) is 62.7 Å². The van der Waals surface area contributed by atoms with E-state index in [4.69, 9.17) is 22.6 Å². The lowest BCUT2D eigenvalue weighted by molar-refractivity contribution is 0.150. The summed E-state index contributed by atoms with van der Waals surface area (Å²) in [6, 6.07) is 2.91. The zero-order valence-corrected chi connectivity index (χ0v) is 8.43. The lowest BCUT2D eigenvalue weighted by Gasteiger charge is -2.10. The van der Waals surface area contributed by atoms with E-state index in [9.17, 15) is 8.78 Å². The summed E-state index contributed by atoms with van der Waals surface area (Å²) in [6.45, 7) is -0.0825. The fourth-order valence-electron chi connectivity index (χ4n) is 1.26. The Labute approximate surface area is 90.5 Å². The summed E-state index contributed by atoms with van der Waals surface area (Å²) in [5.74, 6) is 0. The molecule has 0 saturated carbocycles. The number of rotatable bonds is 3. The van der Waals surface area contributed by atoms with Gasteiger partial charge in [-0.15, -0.1) is 0 Å². The molecule has 0 unspecified atom stereocenters. The maximum atomic E-state index is 12.6. The maximum Gasteiger partial charge on any atom is 0.264 e. The minimum atomic E-state index is -2.67. The average Bonchev–Trinajstić information content (AvgIpc) is 2.17. The Morgan fingerprint density at radius 3 is 2.73 bits per heavy atom. The molecular formula is C9H8ClF2N3. The van der Waals surface area contributed by atoms with Crippen molar-refractivity contribution >= 4 is 11.6 Å². The van der Waals surface area contributed by atoms with Crippen LogP contribution < -0.4 is 5.73 Å². The van der Waals surface area contributed by atoms with Crippen molar-refractivity contribution in [3.05, 3.63) is 28.0 Å². The first kappa shape index (κ1) is 11.8. The van der Waals surface area contributed by atoms with Crippen molar-refractivity contribution in [2.24, 2.45) is 5.73 Å². The van der Waals surface area contributed by atoms with Gasteiger partial charge < -0.3 is 5.73 Å². The summed E-state index contributed by atoms with van der Waals surface area (Å²) in [7, 11) is 0. The van der Waals surface area contributed by atoms with Crippen LogP contribution in [0.1, 0.15) is 23.2 Å². The molecule has 0 radical (unpaired) electrons. The summed E-state index contributed by atoms with van der Waals surface area (Å²) in [5, 5.41) is 8.45. The van der Waals surface area contributed by atoms with Crippen LogP contribution in [0.25, 0.3) is 0 Å². The summed E-state index contributed by atoms with van der Waals surface area (Å²) in [5.41, 5.74) is 5.53. The molecule has 1 rings (SSSR count). The number of nitriles is 1. The second kappa shape index (κ2) is 5.01. The molecule has 6 heteroatoms. The second-order valence-electron chi connectivity index (χ2n) is 2.80. The molecule has 80 valence electrons. The number of nitrogens with zero attached hydrogens (tertiary/aromatic N) is 2. The lowest BCUT2D eigenvalue weighted by atomic mass is 10.1. The Morgan fingerprint density at radius 2 is 2.27 bits per heavy atom. The monoisotopic (exact) mass is 231 g/mol. The van der Waals surface area contributed by atoms with Crippen LogP contribution in [0.2, 0.25) is 5.15 Å². The smallest absolute Gasteiger partial charge is 0.264 e. The molecule has 0 aliphatic carbocycles. The molecule has 1 heterocycles. The van der Waals surface area contributed by atoms with E-state index in [2.05, 4.69) is 4.98 Å². The van der Waals surface area contributed by atoms with E-state index in [0.29, 0.717) is 0 Å². The van der Waals surface area contributed by atoms with Gasteiger partial charge in [-0.05, 0) is 11.6 Å². The normalized spacial score (nSPS) is 10.4. The van der Waals surface area contributed by atoms with Gasteiger partial charge >= 0.3 is 0 Å². The number of alkyl halides is 2. The summed E-state index contributed by atoms with van der Waals surface area (Å²) in [4.78, 5) is 3.81. The molecule has 0 aliphatic heterocycles. The van der Waals surface area contributed by atoms with Crippen LogP contribution in [0.15, 0.2) is 6.07 Å². The minimum absolute atomic E-state index is 0.0484. The van der Waals surface area contributed by atoms with Gasteiger partial charge in [0.25, 0.3) is 6.43 Å². The van der Waals surface area contributed by atoms with E-state index >= 15 is 0 Å². The number of aromatic nitrogens is 1. The van der Waals surface area contributed by atoms with Crippen LogP contribution in [0.4, 0.5) is 8.78 Å². The summed E-state index contributed by atoms with van der Waals surface area (Å²) in [6.07, 6.45) is -2.74. The first-order valence-electron chi connectivity index (χ1n) is 4.13. The summed E-state index contributed by atoms with van der Waals surface area (Å²) >= 11 is 5.56. The highest BCUT2D eigenvalue weighted by molar-refractivity contribution is 6.29. The van der Waals surface area contributed by atoms with Crippen LogP contribution in [-0.4, -0.2) is 4.98 Å². The van der Waals surface area contributed by atoms with Crippen molar-refractivity contribution in [3.63, 3.8) is 0 Å². The van der Waals surface area contributed by atoms with Gasteiger partial charge in [0.1, 0.15) is 5.15 Å². The predicted octanol–water partition coefficient (Wildman–Crippen LogP) is 2.20. The Bertz CT molecular complexity index is 401. The molecule has 1 aromatic rings. The number of halogens is 3. The molecule has 0 bridgehead atoms. The van der Waals surface area contributed by atoms with E-state index < -0.39 is 6.43 Å². The molecule has 0 aliphatic rings. The molecule has 0 aromatic carbocycles. The van der Waals surface area contributed by atoms with Crippen molar-refractivity contribution < 1.29 is 8.78 Å². The van der Waals surface area contributed by atoms with Crippen molar-refractivity contribution in [2.75, 3.05) is 0 Å². The molecular weight excluding hydrogens is 224 g/mol. The minimum Gasteiger partial charge on any atom is -0.326 e. The third-order valence-electron chi connectivity index (χ3n) is 1.90. The molecule has 0 saturated heterocycles. The average molecular weight is 232 g/mol. The van der Waals surface area contributed by atoms with E-state index in [1.165, 1.54) is 0 Å². The van der Waals surface area contributed by atoms with Crippen LogP contribution in [0.3, 0.4) is 0 Å². The van der Waals surface area contributed by atoms with Gasteiger partial charge in [0.2, 0.25) is 0 Å². The predicted molar refractivity (Wildman–Crippen MR) is 51.4 cm³/mol. The highest BCUT2D eigenvalue weighted by Crippen LogP contribution is 2.27. The zero-order chi connectivity index (χ0) is 11.4. The third-order valence-corrected chi connectivity index (χ3v) is 2.09. The van der Waals surface area contributed by atoms with Crippen molar-refractivity contribution in [1.29, 1.82) is 5.26 Å². The van der Waals surface area contributed by atoms with Gasteiger partial charge in [0.15, 0.2) is 0 Å². The maximum absolute atomic E-state index is 12.6. The van der Waals surface area contributed by atoms with Crippen molar-refractivity contribution in [3.8, 4) is 6.07 Å². The quantitative estimate of drug-likeness (QED) is 0.811. The van der Waals surface area contributed by atoms with Gasteiger partial charge in [-0.1, -0.05) is 11.6 Å². The molecule has 15 heavy (non-hydrogen) atoms. The van der Waals surface area contributed by atoms with E-state index in [0.717, 1.165) is 6.07 Å². The fourth-order valence-corrected chi connectivity index (χ4v) is 1.48. The standard InChI is InChI=1S/C9H8ClF2N3/c10-8-3-5(9(11)12)6(4-14)7(15-8)1-2-13/h3,9H,1,4,14H2. The Kier molecular flexibility index (Phi) is 3.95. The summed E-state index contributed by atoms with van der Waals surface area (Å²) < 4.78 is 25.2. The van der Waals surface area contributed by atoms with E-state index in [1.54, 1.807) is 0 Å². The number of pyridine rings is 1. The third kappa shape index (κ3) is 2.61. The fraction of sp³-hybridized carbons (Fsp3) is 0.333. The lowest BCUT2D eigenvalue weighted by Crippen LogP contribution is -2.08. The van der Waals surface area contributed by atoms with Crippen molar-refractivity contribution in [2.45, 2.75) is 19.4 Å². The van der Waals surface area contributed by atoms with Crippen LogP contribution in [0, 0.1) is 11.3 Å². The Balaban J connectivity index is 3.33. The van der Waals surface area contributed by atoms with Gasteiger partial charge in [-0.3, -0.25) is 0 Å². The SMILES string of the molecule is N#CCc1nc(Cl)cc(C(F)F)c1CN. The zero-order valence-electron chi connectivity index (χ0n) is 7.67. The van der Waals surface area contributed by atoms with Gasteiger partial charge in [0, 0.05) is 12.1 Å². The number of hydrogen-bond donors (Lipinski definition) is 1. The van der Waals surface area contributed by atoms with Gasteiger partial charge in [-0.25, -0.2) is 13.8 Å². The number of hydrogen-bond acceptors (Lipinski definition) is 3. The Morgan fingerprint density at radius 1 is 1.60 bits per heavy atom. The first-order valence-corrected chi connectivity index (χ1v) is 4.51. The van der Waals surface area contributed by atoms with Crippen LogP contribution in [0.5, 0.6) is 0 Å². The van der Waals surface area contributed by atoms with Gasteiger partial charge in [-0.2, -0.15) is 5.26 Å². The number of nitrogens with two attached hydrogens (primary N) is 1. The van der Waals surface area contributed by atoms with Crippen LogP contribution >= 0.6 is 11.6 Å². The molecule has 1 aromatic heterocycles. The molecule has 0 atom stereocenters. The second-order valence-corrected chi connectivity index (χ2v) is 3.19. The highest BCUT2D eigenvalue weighted by Gasteiger charge is 2.17. The first-order chi connectivity index (χ1) is 7.10.